The van der Waals surface area contributed by atoms with Crippen LogP contribution in [-0.2, 0) is 4.79 Å². The van der Waals surface area contributed by atoms with Gasteiger partial charge >= 0.3 is 5.97 Å². The number of carboxylic acid groups (broad SMARTS) is 1. The average Bonchev–Trinajstić information content (AvgIpc) is 2.61. The lowest BCUT2D eigenvalue weighted by Crippen LogP contribution is -2.36. The van der Waals surface area contributed by atoms with Gasteiger partial charge in [-0.2, -0.15) is 0 Å². The summed E-state index contributed by atoms with van der Waals surface area (Å²) in [6.45, 7) is 4.31. The molecule has 0 spiro atoms. The minimum Gasteiger partial charge on any atom is -0.493 e. The van der Waals surface area contributed by atoms with E-state index >= 15 is 0 Å². The molecule has 1 aliphatic carbocycles. The lowest BCUT2D eigenvalue weighted by atomic mass is 9.75. The highest BCUT2D eigenvalue weighted by Gasteiger charge is 2.37. The maximum absolute atomic E-state index is 11.5. The van der Waals surface area contributed by atoms with E-state index in [2.05, 4.69) is 6.92 Å². The number of aliphatic carboxylic acids is 1. The molecule has 142 valence electrons. The molecule has 1 aromatic rings. The van der Waals surface area contributed by atoms with E-state index in [9.17, 15) is 15.0 Å². The summed E-state index contributed by atoms with van der Waals surface area (Å²) >= 11 is 1.43. The van der Waals surface area contributed by atoms with Gasteiger partial charge in [0.2, 0.25) is 0 Å². The summed E-state index contributed by atoms with van der Waals surface area (Å²) in [6, 6.07) is 7.60. The van der Waals surface area contributed by atoms with Gasteiger partial charge in [-0.3, -0.25) is 4.79 Å². The van der Waals surface area contributed by atoms with Crippen LogP contribution in [0.25, 0.3) is 0 Å². The van der Waals surface area contributed by atoms with Gasteiger partial charge in [0.15, 0.2) is 0 Å². The molecule has 1 aromatic carbocycles. The fraction of sp³-hybridized carbons (Fsp3) is 0.476. The number of ether oxygens (including phenoxy) is 1. The van der Waals surface area contributed by atoms with Gasteiger partial charge < -0.3 is 14.9 Å². The number of aliphatic hydroxyl groups is 1. The Labute approximate surface area is 160 Å². The Kier molecular flexibility index (Phi) is 7.79. The Hall–Kier alpha value is -1.72. The lowest BCUT2D eigenvalue weighted by molar-refractivity contribution is -0.143. The largest absolute Gasteiger partial charge is 0.493 e. The van der Waals surface area contributed by atoms with E-state index < -0.39 is 22.7 Å². The van der Waals surface area contributed by atoms with Gasteiger partial charge in [0.05, 0.1) is 12.5 Å². The van der Waals surface area contributed by atoms with Crippen molar-refractivity contribution < 1.29 is 19.7 Å². The molecule has 0 aromatic heterocycles. The Morgan fingerprint density at radius 2 is 2.15 bits per heavy atom. The summed E-state index contributed by atoms with van der Waals surface area (Å²) in [5.41, 5.74) is -1.01. The summed E-state index contributed by atoms with van der Waals surface area (Å²) in [5, 5.41) is 19.6. The van der Waals surface area contributed by atoms with Gasteiger partial charge in [0, 0.05) is 10.3 Å². The van der Waals surface area contributed by atoms with Crippen molar-refractivity contribution in [1.82, 2.24) is 0 Å². The van der Waals surface area contributed by atoms with E-state index in [1.807, 2.05) is 43.3 Å². The van der Waals surface area contributed by atoms with Crippen LogP contribution in [0.15, 0.2) is 53.5 Å². The van der Waals surface area contributed by atoms with E-state index in [1.54, 1.807) is 12.2 Å². The smallest absolute Gasteiger partial charge is 0.311 e. The van der Waals surface area contributed by atoms with Crippen LogP contribution in [-0.4, -0.2) is 28.2 Å². The molecule has 3 unspecified atom stereocenters. The van der Waals surface area contributed by atoms with Gasteiger partial charge in [-0.25, -0.2) is 0 Å². The third-order valence-corrected chi connectivity index (χ3v) is 5.58. The van der Waals surface area contributed by atoms with Crippen LogP contribution in [0.1, 0.15) is 39.5 Å². The van der Waals surface area contributed by atoms with E-state index in [1.165, 1.54) is 11.8 Å². The highest BCUT2D eigenvalue weighted by Crippen LogP contribution is 2.35. The number of carboxylic acids is 1. The molecule has 0 heterocycles. The molecule has 2 rings (SSSR count). The monoisotopic (exact) mass is 376 g/mol. The van der Waals surface area contributed by atoms with Crippen molar-refractivity contribution in [1.29, 1.82) is 0 Å². The van der Waals surface area contributed by atoms with Crippen molar-refractivity contribution >= 4 is 17.7 Å². The van der Waals surface area contributed by atoms with Crippen LogP contribution < -0.4 is 4.74 Å². The van der Waals surface area contributed by atoms with Crippen molar-refractivity contribution in [2.24, 2.45) is 11.3 Å². The maximum Gasteiger partial charge on any atom is 0.311 e. The van der Waals surface area contributed by atoms with Gasteiger partial charge in [0.1, 0.15) is 11.2 Å². The minimum atomic E-state index is -0.851. The molecule has 0 fully saturated rings. The second kappa shape index (κ2) is 9.83. The molecule has 26 heavy (non-hydrogen) atoms. The number of rotatable bonds is 10. The van der Waals surface area contributed by atoms with Gasteiger partial charge in [-0.15, -0.1) is 0 Å². The third-order valence-electron chi connectivity index (χ3n) is 4.55. The maximum atomic E-state index is 11.5. The number of carbonyl (C=O) groups is 1. The van der Waals surface area contributed by atoms with Crippen LogP contribution >= 0.6 is 11.8 Å². The predicted molar refractivity (Wildman–Crippen MR) is 105 cm³/mol. The zero-order valence-corrected chi connectivity index (χ0v) is 16.2. The fourth-order valence-corrected chi connectivity index (χ4v) is 3.88. The SMILES string of the molecule is CCCCCC(O)Sc1cccc(OCC2(C)C=CC=CC2C(=O)O)c1. The summed E-state index contributed by atoms with van der Waals surface area (Å²) in [5.74, 6) is -0.772. The van der Waals surface area contributed by atoms with E-state index in [4.69, 9.17) is 4.74 Å². The summed E-state index contributed by atoms with van der Waals surface area (Å²) < 4.78 is 5.91. The fourth-order valence-electron chi connectivity index (χ4n) is 2.94. The number of thioether (sulfide) groups is 1. The highest BCUT2D eigenvalue weighted by atomic mass is 32.2. The van der Waals surface area contributed by atoms with Crippen LogP contribution in [0.5, 0.6) is 5.75 Å². The Balaban J connectivity index is 1.95. The highest BCUT2D eigenvalue weighted by molar-refractivity contribution is 7.99. The van der Waals surface area contributed by atoms with Crippen molar-refractivity contribution in [2.75, 3.05) is 6.61 Å². The molecule has 0 saturated heterocycles. The molecule has 4 nitrogen and oxygen atoms in total. The Bertz CT molecular complexity index is 655. The first-order valence-electron chi connectivity index (χ1n) is 9.11. The molecule has 5 heteroatoms. The molecule has 3 atom stereocenters. The average molecular weight is 377 g/mol. The van der Waals surface area contributed by atoms with Crippen molar-refractivity contribution in [2.45, 2.75) is 49.9 Å². The second-order valence-electron chi connectivity index (χ2n) is 6.90. The number of allylic oxidation sites excluding steroid dienone is 2. The van der Waals surface area contributed by atoms with Crippen molar-refractivity contribution in [3.8, 4) is 5.75 Å². The van der Waals surface area contributed by atoms with Gasteiger partial charge in [-0.1, -0.05) is 75.2 Å². The molecular weight excluding hydrogens is 348 g/mol. The minimum absolute atomic E-state index is 0.276. The number of unbranched alkanes of at least 4 members (excludes halogenated alkanes) is 2. The van der Waals surface area contributed by atoms with Crippen LogP contribution in [0, 0.1) is 11.3 Å². The number of benzene rings is 1. The predicted octanol–water partition coefficient (Wildman–Crippen LogP) is 4.89. The molecule has 0 radical (unpaired) electrons. The second-order valence-corrected chi connectivity index (χ2v) is 8.15. The van der Waals surface area contributed by atoms with Crippen molar-refractivity contribution in [3.63, 3.8) is 0 Å². The van der Waals surface area contributed by atoms with E-state index in [-0.39, 0.29) is 6.61 Å². The first-order valence-corrected chi connectivity index (χ1v) is 9.99. The summed E-state index contributed by atoms with van der Waals surface area (Å²) in [7, 11) is 0. The van der Waals surface area contributed by atoms with Crippen LogP contribution in [0.2, 0.25) is 0 Å². The quantitative estimate of drug-likeness (QED) is 0.346. The molecule has 0 saturated carbocycles. The molecule has 0 aliphatic heterocycles. The van der Waals surface area contributed by atoms with E-state index in [0.717, 1.165) is 30.6 Å². The molecule has 0 bridgehead atoms. The first-order chi connectivity index (χ1) is 12.4. The normalized spacial score (nSPS) is 23.0. The third kappa shape index (κ3) is 5.92. The molecular formula is C21H28O4S. The zero-order chi connectivity index (χ0) is 19.0. The molecule has 1 aliphatic rings. The Morgan fingerprint density at radius 3 is 2.88 bits per heavy atom. The van der Waals surface area contributed by atoms with E-state index in [0.29, 0.717) is 5.75 Å². The van der Waals surface area contributed by atoms with Crippen molar-refractivity contribution in [3.05, 3.63) is 48.6 Å². The summed E-state index contributed by atoms with van der Waals surface area (Å²) in [6.07, 6.45) is 11.3. The summed E-state index contributed by atoms with van der Waals surface area (Å²) in [4.78, 5) is 12.4. The first kappa shape index (κ1) is 20.6. The number of hydrogen-bond donors (Lipinski definition) is 2. The van der Waals surface area contributed by atoms with Gasteiger partial charge in [0.25, 0.3) is 0 Å². The standard InChI is InChI=1S/C21H28O4S/c1-3-4-5-12-19(22)26-17-10-8-9-16(14-17)25-15-21(2)13-7-6-11-18(21)20(23)24/h6-11,13-14,18-19,22H,3-5,12,15H2,1-2H3,(H,23,24). The number of hydrogen-bond acceptors (Lipinski definition) is 4. The lowest BCUT2D eigenvalue weighted by Gasteiger charge is -2.32. The zero-order valence-electron chi connectivity index (χ0n) is 15.4. The molecule has 0 amide bonds. The topological polar surface area (TPSA) is 66.8 Å². The van der Waals surface area contributed by atoms with Crippen LogP contribution in [0.4, 0.5) is 0 Å². The Morgan fingerprint density at radius 1 is 1.35 bits per heavy atom. The molecule has 2 N–H and O–H groups in total. The van der Waals surface area contributed by atoms with Gasteiger partial charge in [-0.05, 0) is 24.6 Å². The van der Waals surface area contributed by atoms with Crippen LogP contribution in [0.3, 0.4) is 0 Å². The number of aliphatic hydroxyl groups excluding tert-OH is 1.